The summed E-state index contributed by atoms with van der Waals surface area (Å²) in [5.74, 6) is -12.7. The summed E-state index contributed by atoms with van der Waals surface area (Å²) in [6.45, 7) is 9.01. The van der Waals surface area contributed by atoms with Crippen molar-refractivity contribution in [2.45, 2.75) is 123 Å². The number of nitrogens with zero attached hydrogens (tertiary/aromatic N) is 1. The van der Waals surface area contributed by atoms with E-state index in [-0.39, 0.29) is 24.3 Å². The van der Waals surface area contributed by atoms with Crippen molar-refractivity contribution < 1.29 is 41.3 Å². The zero-order valence-corrected chi connectivity index (χ0v) is 31.3. The average molecular weight is 747 g/mol. The molecule has 0 aliphatic carbocycles. The average Bonchev–Trinajstić information content (AvgIpc) is 3.16. The first-order valence-electron chi connectivity index (χ1n) is 19.2. The molecule has 1 aliphatic heterocycles. The number of ether oxygens (including phenoxy) is 2. The number of carbonyl (C=O) groups is 1. The summed E-state index contributed by atoms with van der Waals surface area (Å²) >= 11 is 0. The Morgan fingerprint density at radius 3 is 1.83 bits per heavy atom. The number of benzene rings is 3. The van der Waals surface area contributed by atoms with Crippen LogP contribution in [0.1, 0.15) is 137 Å². The van der Waals surface area contributed by atoms with Gasteiger partial charge in [0.25, 0.3) is 5.91 Å². The first-order chi connectivity index (χ1) is 25.6. The van der Waals surface area contributed by atoms with Crippen LogP contribution in [0.3, 0.4) is 0 Å². The molecule has 4 rings (SSSR count). The molecule has 4 unspecified atom stereocenters. The second-order valence-corrected chi connectivity index (χ2v) is 14.2. The van der Waals surface area contributed by atoms with Gasteiger partial charge in [-0.2, -0.15) is 0 Å². The lowest BCUT2D eigenvalue weighted by Crippen LogP contribution is -2.45. The number of aliphatic hydroxyl groups is 1. The molecule has 6 nitrogen and oxygen atoms in total. The Kier molecular flexibility index (Phi) is 17.2. The van der Waals surface area contributed by atoms with Crippen molar-refractivity contribution in [2.75, 3.05) is 25.0 Å². The third kappa shape index (κ3) is 11.8. The molecule has 0 spiro atoms. The number of carbonyl (C=O) groups excluding carboxylic acids is 1. The second-order valence-electron chi connectivity index (χ2n) is 14.2. The van der Waals surface area contributed by atoms with Gasteiger partial charge in [0.1, 0.15) is 5.56 Å². The van der Waals surface area contributed by atoms with Crippen LogP contribution in [0.2, 0.25) is 0 Å². The highest BCUT2D eigenvalue weighted by Gasteiger charge is 2.39. The van der Waals surface area contributed by atoms with E-state index in [4.69, 9.17) is 9.47 Å². The van der Waals surface area contributed by atoms with E-state index in [1.54, 1.807) is 12.1 Å². The Hall–Kier alpha value is -3.38. The number of hydrogen-bond acceptors (Lipinski definition) is 5. The molecule has 0 radical (unpaired) electrons. The maximum absolute atomic E-state index is 14.4. The van der Waals surface area contributed by atoms with Gasteiger partial charge in [0.15, 0.2) is 29.6 Å². The first kappa shape index (κ1) is 42.4. The molecule has 53 heavy (non-hydrogen) atoms. The van der Waals surface area contributed by atoms with Gasteiger partial charge in [-0.25, -0.2) is 22.0 Å². The van der Waals surface area contributed by atoms with Crippen LogP contribution in [0.4, 0.5) is 27.6 Å². The van der Waals surface area contributed by atoms with E-state index >= 15 is 0 Å². The number of rotatable bonds is 21. The Bertz CT molecular complexity index is 1550. The van der Waals surface area contributed by atoms with Gasteiger partial charge in [0, 0.05) is 23.7 Å². The predicted molar refractivity (Wildman–Crippen MR) is 197 cm³/mol. The van der Waals surface area contributed by atoms with Crippen molar-refractivity contribution in [1.29, 1.82) is 0 Å². The number of hydrogen-bond donors (Lipinski definition) is 2. The maximum atomic E-state index is 14.4. The minimum absolute atomic E-state index is 0.0513. The van der Waals surface area contributed by atoms with E-state index in [0.29, 0.717) is 12.1 Å². The molecule has 3 aromatic carbocycles. The maximum Gasteiger partial charge on any atom is 0.261 e. The highest BCUT2D eigenvalue weighted by Crippen LogP contribution is 2.42. The van der Waals surface area contributed by atoms with E-state index in [9.17, 15) is 31.9 Å². The van der Waals surface area contributed by atoms with Crippen molar-refractivity contribution in [3.05, 3.63) is 99.9 Å². The molecule has 0 saturated carbocycles. The molecule has 4 atom stereocenters. The van der Waals surface area contributed by atoms with Crippen molar-refractivity contribution in [2.24, 2.45) is 5.92 Å². The number of anilines is 1. The molecule has 3 aromatic rings. The normalized spacial score (nSPS) is 18.8. The lowest BCUT2D eigenvalue weighted by Gasteiger charge is -2.43. The smallest absolute Gasteiger partial charge is 0.261 e. The minimum atomic E-state index is -2.34. The predicted octanol–water partition coefficient (Wildman–Crippen LogP) is 10.9. The highest BCUT2D eigenvalue weighted by molar-refractivity contribution is 6.04. The molecule has 1 amide bonds. The fourth-order valence-corrected chi connectivity index (χ4v) is 6.87. The third-order valence-corrected chi connectivity index (χ3v) is 10.1. The summed E-state index contributed by atoms with van der Waals surface area (Å²) in [5.41, 5.74) is 0.640. The summed E-state index contributed by atoms with van der Waals surface area (Å²) in [7, 11) is 0. The second kappa shape index (κ2) is 21.5. The summed E-state index contributed by atoms with van der Waals surface area (Å²) < 4.78 is 83.4. The van der Waals surface area contributed by atoms with Gasteiger partial charge in [-0.15, -0.1) is 0 Å². The van der Waals surface area contributed by atoms with Crippen molar-refractivity contribution >= 4 is 11.6 Å². The van der Waals surface area contributed by atoms with E-state index in [0.717, 1.165) is 37.1 Å². The number of aliphatic hydroxyl groups excluding tert-OH is 1. The molecule has 2 N–H and O–H groups in total. The van der Waals surface area contributed by atoms with Gasteiger partial charge >= 0.3 is 0 Å². The van der Waals surface area contributed by atoms with Crippen LogP contribution in [-0.2, 0) is 16.1 Å². The van der Waals surface area contributed by atoms with Crippen LogP contribution < -0.4 is 5.32 Å². The fourth-order valence-electron chi connectivity index (χ4n) is 6.87. The third-order valence-electron chi connectivity index (χ3n) is 10.1. The minimum Gasteiger partial charge on any atom is -0.392 e. The lowest BCUT2D eigenvalue weighted by molar-refractivity contribution is -0.276. The van der Waals surface area contributed by atoms with E-state index in [1.807, 2.05) is 24.3 Å². The zero-order chi connectivity index (χ0) is 38.3. The van der Waals surface area contributed by atoms with Crippen molar-refractivity contribution in [3.8, 4) is 0 Å². The van der Waals surface area contributed by atoms with E-state index in [2.05, 4.69) is 31.0 Å². The molecule has 1 saturated heterocycles. The Balaban J connectivity index is 1.57. The van der Waals surface area contributed by atoms with Gasteiger partial charge in [0.05, 0.1) is 18.8 Å². The summed E-state index contributed by atoms with van der Waals surface area (Å²) in [5, 5.41) is 11.9. The topological polar surface area (TPSA) is 71.0 Å². The van der Waals surface area contributed by atoms with Crippen LogP contribution in [0.15, 0.2) is 48.5 Å². The molecule has 292 valence electrons. The van der Waals surface area contributed by atoms with Crippen LogP contribution in [0.25, 0.3) is 0 Å². The molecule has 1 fully saturated rings. The Morgan fingerprint density at radius 1 is 0.717 bits per heavy atom. The largest absolute Gasteiger partial charge is 0.392 e. The van der Waals surface area contributed by atoms with Gasteiger partial charge in [-0.05, 0) is 49.2 Å². The highest BCUT2D eigenvalue weighted by atomic mass is 19.2. The number of nitrogens with one attached hydrogen (secondary N) is 1. The molecule has 1 aliphatic rings. The fraction of sp³-hybridized carbons (Fsp3) is 0.548. The number of amides is 1. The van der Waals surface area contributed by atoms with Crippen LogP contribution in [0, 0.1) is 35.0 Å². The van der Waals surface area contributed by atoms with Gasteiger partial charge in [0.2, 0.25) is 5.82 Å². The summed E-state index contributed by atoms with van der Waals surface area (Å²) in [6, 6.07) is 13.8. The molecular formula is C42H55F5N2O4. The molecule has 0 bridgehead atoms. The van der Waals surface area contributed by atoms with Gasteiger partial charge in [-0.3, -0.25) is 4.79 Å². The van der Waals surface area contributed by atoms with Crippen LogP contribution in [-0.4, -0.2) is 41.7 Å². The monoisotopic (exact) mass is 746 g/mol. The van der Waals surface area contributed by atoms with Crippen LogP contribution >= 0.6 is 0 Å². The number of halogens is 5. The van der Waals surface area contributed by atoms with Crippen molar-refractivity contribution in [3.63, 3.8) is 0 Å². The standard InChI is InChI=1S/C42H55F5N2O4/c1-4-6-8-10-12-14-23-49(24-15-13-11-9-7-5-2)26-33-28(3)40(30-21-19-29(27-50)20-22-30)53-42(52-33)31-17-16-18-32(25-31)48-41(51)34-35(43)37(45)39(47)38(46)36(34)44/h16-22,25,28,33,40,42,50H,4-15,23-24,26-27H2,1-3H3,(H,48,51). The first-order valence-corrected chi connectivity index (χ1v) is 19.2. The Labute approximate surface area is 311 Å². The molecule has 1 heterocycles. The number of unbranched alkanes of at least 4 members (excludes halogenated alkanes) is 10. The van der Waals surface area contributed by atoms with E-state index < -0.39 is 53.0 Å². The van der Waals surface area contributed by atoms with Crippen LogP contribution in [0.5, 0.6) is 0 Å². The summed E-state index contributed by atoms with van der Waals surface area (Å²) in [4.78, 5) is 15.3. The molecular weight excluding hydrogens is 691 g/mol. The zero-order valence-electron chi connectivity index (χ0n) is 31.3. The van der Waals surface area contributed by atoms with Crippen molar-refractivity contribution in [1.82, 2.24) is 4.90 Å². The van der Waals surface area contributed by atoms with Gasteiger partial charge < -0.3 is 24.8 Å². The Morgan fingerprint density at radius 2 is 1.26 bits per heavy atom. The summed E-state index contributed by atoms with van der Waals surface area (Å²) in [6.07, 6.45) is 12.8. The van der Waals surface area contributed by atoms with Gasteiger partial charge in [-0.1, -0.05) is 121 Å². The molecule has 11 heteroatoms. The lowest BCUT2D eigenvalue weighted by atomic mass is 9.90. The SMILES string of the molecule is CCCCCCCCN(CCCCCCCC)CC1OC(c2cccc(NC(=O)c3c(F)c(F)c(F)c(F)c3F)c2)OC(c2ccc(CO)cc2)C1C. The van der Waals surface area contributed by atoms with E-state index in [1.165, 1.54) is 76.3 Å². The quantitative estimate of drug-likeness (QED) is 0.0492. The molecule has 0 aromatic heterocycles.